The zero-order valence-corrected chi connectivity index (χ0v) is 14.4. The van der Waals surface area contributed by atoms with Gasteiger partial charge in [-0.3, -0.25) is 0 Å². The molecule has 14 heavy (non-hydrogen) atoms. The third-order valence-corrected chi connectivity index (χ3v) is 0.854. The summed E-state index contributed by atoms with van der Waals surface area (Å²) in [5.41, 5.74) is 0. The first-order valence-electron chi connectivity index (χ1n) is 5.74. The van der Waals surface area contributed by atoms with E-state index in [4.69, 9.17) is 0 Å². The molecule has 0 nitrogen and oxygen atoms in total. The molecule has 0 aromatic carbocycles. The van der Waals surface area contributed by atoms with E-state index in [0.29, 0.717) is 0 Å². The average molecular weight is 277 g/mol. The van der Waals surface area contributed by atoms with Crippen LogP contribution in [0.1, 0.15) is 73.6 Å². The fourth-order valence-corrected chi connectivity index (χ4v) is 0. The van der Waals surface area contributed by atoms with E-state index in [1.165, 1.54) is 25.7 Å². The maximum atomic E-state index is 3.60. The van der Waals surface area contributed by atoms with Crippen LogP contribution < -0.4 is 0 Å². The van der Waals surface area contributed by atoms with Gasteiger partial charge in [0.25, 0.3) is 0 Å². The molecule has 0 aliphatic carbocycles. The second-order valence-electron chi connectivity index (χ2n) is 2.56. The minimum absolute atomic E-state index is 0. The molecule has 0 fully saturated rings. The van der Waals surface area contributed by atoms with Crippen LogP contribution in [0, 0.1) is 13.8 Å². The van der Waals surface area contributed by atoms with Crippen LogP contribution in [0.5, 0.6) is 0 Å². The van der Waals surface area contributed by atoms with Gasteiger partial charge >= 0.3 is 0 Å². The summed E-state index contributed by atoms with van der Waals surface area (Å²) in [7, 11) is 0. The van der Waals surface area contributed by atoms with E-state index in [9.17, 15) is 0 Å². The van der Waals surface area contributed by atoms with Crippen molar-refractivity contribution < 1.29 is 32.7 Å². The molecular formula is C13H32Y-2. The predicted molar refractivity (Wildman–Crippen MR) is 67.8 cm³/mol. The summed E-state index contributed by atoms with van der Waals surface area (Å²) in [6, 6.07) is 0. The van der Waals surface area contributed by atoms with E-state index in [-0.39, 0.29) is 32.7 Å². The van der Waals surface area contributed by atoms with Crippen molar-refractivity contribution in [3.63, 3.8) is 0 Å². The van der Waals surface area contributed by atoms with Crippen molar-refractivity contribution in [1.82, 2.24) is 0 Å². The Bertz CT molecular complexity index is 20.4. The van der Waals surface area contributed by atoms with E-state index < -0.39 is 0 Å². The monoisotopic (exact) mass is 277 g/mol. The van der Waals surface area contributed by atoms with Gasteiger partial charge in [-0.05, 0) is 0 Å². The van der Waals surface area contributed by atoms with Crippen molar-refractivity contribution >= 4 is 0 Å². The molecule has 0 aromatic heterocycles. The molecule has 0 N–H and O–H groups in total. The molecule has 0 saturated carbocycles. The van der Waals surface area contributed by atoms with E-state index in [0.717, 1.165) is 6.42 Å². The second kappa shape index (κ2) is 65.0. The molecule has 0 aliphatic rings. The average Bonchev–Trinajstić information content (AvgIpc) is 2.22. The van der Waals surface area contributed by atoms with Gasteiger partial charge in [-0.2, -0.15) is 13.3 Å². The Labute approximate surface area is 120 Å². The Balaban J connectivity index is -0.0000000260. The van der Waals surface area contributed by atoms with E-state index >= 15 is 0 Å². The number of hydrogen-bond donors (Lipinski definition) is 0. The molecule has 89 valence electrons. The van der Waals surface area contributed by atoms with Gasteiger partial charge < -0.3 is 13.8 Å². The fourth-order valence-electron chi connectivity index (χ4n) is 0. The van der Waals surface area contributed by atoms with Crippen molar-refractivity contribution in [2.75, 3.05) is 0 Å². The summed E-state index contributed by atoms with van der Waals surface area (Å²) in [6.45, 7) is 19.3. The SMILES string of the molecule is CCC.CCCC.[CH2-]C.[CH2-]CCC.[Y]. The maximum Gasteiger partial charge on any atom is 0 e. The zero-order valence-electron chi connectivity index (χ0n) is 11.5. The van der Waals surface area contributed by atoms with Gasteiger partial charge in [0.05, 0.1) is 0 Å². The molecule has 1 radical (unpaired) electrons. The predicted octanol–water partition coefficient (Wildman–Crippen LogP) is 5.68. The molecule has 0 aromatic rings. The Hall–Kier alpha value is 1.10. The van der Waals surface area contributed by atoms with Gasteiger partial charge in [0.15, 0.2) is 0 Å². The van der Waals surface area contributed by atoms with Crippen molar-refractivity contribution in [2.24, 2.45) is 0 Å². The van der Waals surface area contributed by atoms with E-state index in [2.05, 4.69) is 48.5 Å². The molecule has 0 spiro atoms. The van der Waals surface area contributed by atoms with Crippen LogP contribution in [0.3, 0.4) is 0 Å². The molecule has 0 aliphatic heterocycles. The molecule has 0 bridgehead atoms. The summed E-state index contributed by atoms with van der Waals surface area (Å²) in [6.07, 6.45) is 6.17. The zero-order chi connectivity index (χ0) is 11.5. The minimum atomic E-state index is 0. The quantitative estimate of drug-likeness (QED) is 0.569. The fraction of sp³-hybridized carbons (Fsp3) is 0.846. The normalized spacial score (nSPS) is 6.00. The maximum absolute atomic E-state index is 3.60. The Morgan fingerprint density at radius 1 is 0.714 bits per heavy atom. The smallest absolute Gasteiger partial charge is 0 e. The van der Waals surface area contributed by atoms with Crippen LogP contribution in [0.25, 0.3) is 0 Å². The van der Waals surface area contributed by atoms with E-state index in [1.807, 2.05) is 0 Å². The van der Waals surface area contributed by atoms with Gasteiger partial charge in [0, 0.05) is 32.7 Å². The third kappa shape index (κ3) is 199. The van der Waals surface area contributed by atoms with E-state index in [1.54, 1.807) is 6.92 Å². The number of rotatable bonds is 2. The molecule has 1 heteroatoms. The Morgan fingerprint density at radius 2 is 0.857 bits per heavy atom. The molecule has 0 heterocycles. The van der Waals surface area contributed by atoms with Crippen LogP contribution in [0.15, 0.2) is 0 Å². The van der Waals surface area contributed by atoms with Gasteiger partial charge in [-0.15, -0.1) is 0 Å². The van der Waals surface area contributed by atoms with Gasteiger partial charge in [-0.1, -0.05) is 60.3 Å². The number of hydrogen-bond acceptors (Lipinski definition) is 0. The Morgan fingerprint density at radius 3 is 0.857 bits per heavy atom. The topological polar surface area (TPSA) is 0 Å². The number of unbranched alkanes of at least 4 members (excludes halogenated alkanes) is 2. The summed E-state index contributed by atoms with van der Waals surface area (Å²) in [5, 5.41) is 0. The van der Waals surface area contributed by atoms with Gasteiger partial charge in [-0.25, -0.2) is 0 Å². The van der Waals surface area contributed by atoms with Crippen LogP contribution in [0.4, 0.5) is 0 Å². The molecule has 0 rings (SSSR count). The van der Waals surface area contributed by atoms with Gasteiger partial charge in [0.1, 0.15) is 0 Å². The summed E-state index contributed by atoms with van der Waals surface area (Å²) >= 11 is 0. The molecular weight excluding hydrogens is 245 g/mol. The minimum Gasteiger partial charge on any atom is -0.346 e. The Kier molecular flexibility index (Phi) is 137. The first-order chi connectivity index (χ1) is 6.24. The third-order valence-electron chi connectivity index (χ3n) is 0.854. The molecule has 0 amide bonds. The van der Waals surface area contributed by atoms with Crippen LogP contribution in [0.2, 0.25) is 0 Å². The largest absolute Gasteiger partial charge is 0.346 e. The summed E-state index contributed by atoms with van der Waals surface area (Å²) in [4.78, 5) is 0. The van der Waals surface area contributed by atoms with Crippen molar-refractivity contribution in [2.45, 2.75) is 73.6 Å². The standard InChI is InChI=1S/C4H10.C4H9.C3H8.C2H5.Y/c2*1-3-4-2;1-3-2;1-2;/h3-4H2,1-2H3;1,3-4H2,2H3;3H2,1-2H3;1H2,2H3;/q;-1;;-1;. The first-order valence-corrected chi connectivity index (χ1v) is 5.74. The van der Waals surface area contributed by atoms with Crippen LogP contribution in [-0.2, 0) is 32.7 Å². The summed E-state index contributed by atoms with van der Waals surface area (Å²) < 4.78 is 0. The second-order valence-corrected chi connectivity index (χ2v) is 2.56. The van der Waals surface area contributed by atoms with Crippen molar-refractivity contribution in [3.8, 4) is 0 Å². The summed E-state index contributed by atoms with van der Waals surface area (Å²) in [5.74, 6) is 0. The molecule has 0 atom stereocenters. The molecule has 0 unspecified atom stereocenters. The van der Waals surface area contributed by atoms with Crippen molar-refractivity contribution in [1.29, 1.82) is 0 Å². The molecule has 0 saturated heterocycles. The van der Waals surface area contributed by atoms with Crippen molar-refractivity contribution in [3.05, 3.63) is 13.8 Å². The van der Waals surface area contributed by atoms with Crippen LogP contribution in [-0.4, -0.2) is 0 Å². The van der Waals surface area contributed by atoms with Crippen LogP contribution >= 0.6 is 0 Å². The first kappa shape index (κ1) is 29.4. The van der Waals surface area contributed by atoms with Gasteiger partial charge in [0.2, 0.25) is 0 Å².